The quantitative estimate of drug-likeness (QED) is 0.769. The Morgan fingerprint density at radius 3 is 2.26 bits per heavy atom. The van der Waals surface area contributed by atoms with Crippen LogP contribution in [0.2, 0.25) is 0 Å². The molecule has 108 valence electrons. The Hall–Kier alpha value is -0.670. The Morgan fingerprint density at radius 2 is 1.74 bits per heavy atom. The van der Waals surface area contributed by atoms with Gasteiger partial charge in [-0.2, -0.15) is 11.8 Å². The van der Waals surface area contributed by atoms with Gasteiger partial charge in [0, 0.05) is 11.3 Å². The first-order valence-corrected chi connectivity index (χ1v) is 8.34. The van der Waals surface area contributed by atoms with Crippen molar-refractivity contribution < 1.29 is 4.74 Å². The first-order chi connectivity index (χ1) is 9.02. The first-order valence-electron chi connectivity index (χ1n) is 7.05. The monoisotopic (exact) mass is 281 g/mol. The van der Waals surface area contributed by atoms with Crippen LogP contribution in [0.5, 0.6) is 5.75 Å². The molecule has 1 rings (SSSR count). The van der Waals surface area contributed by atoms with E-state index in [1.54, 1.807) is 0 Å². The Bertz CT molecular complexity index is 350. The summed E-state index contributed by atoms with van der Waals surface area (Å²) in [6.07, 6.45) is 3.61. The summed E-state index contributed by atoms with van der Waals surface area (Å²) in [5.41, 5.74) is 1.31. The molecule has 1 aromatic rings. The van der Waals surface area contributed by atoms with Crippen LogP contribution in [0.1, 0.15) is 45.7 Å². The summed E-state index contributed by atoms with van der Waals surface area (Å²) in [6, 6.07) is 8.79. The van der Waals surface area contributed by atoms with E-state index < -0.39 is 0 Å². The normalized spacial score (nSPS) is 14.4. The molecule has 0 bridgehead atoms. The lowest BCUT2D eigenvalue weighted by Crippen LogP contribution is -2.21. The lowest BCUT2D eigenvalue weighted by atomic mass is 10.1. The third kappa shape index (κ3) is 6.35. The molecule has 0 radical (unpaired) electrons. The fourth-order valence-corrected chi connectivity index (χ4v) is 2.20. The zero-order chi connectivity index (χ0) is 14.3. The fourth-order valence-electron chi connectivity index (χ4n) is 1.85. The Labute approximate surface area is 122 Å². The minimum absolute atomic E-state index is 0.231. The Balaban J connectivity index is 2.42. The molecule has 0 aliphatic heterocycles. The topological polar surface area (TPSA) is 21.3 Å². The molecule has 0 amide bonds. The molecule has 0 saturated carbocycles. The van der Waals surface area contributed by atoms with Crippen molar-refractivity contribution in [2.45, 2.75) is 51.5 Å². The van der Waals surface area contributed by atoms with E-state index in [4.69, 9.17) is 4.74 Å². The molecular weight excluding hydrogens is 254 g/mol. The standard InChI is InChI=1S/C16H27NOS/c1-12(2)18-16-8-6-15(7-9-16)14(4)17-11-10-13(3)19-5/h6-9,12-14,17H,10-11H2,1-5H3. The summed E-state index contributed by atoms with van der Waals surface area (Å²) in [5.74, 6) is 0.946. The van der Waals surface area contributed by atoms with Crippen LogP contribution in [0.3, 0.4) is 0 Å². The average Bonchev–Trinajstić information content (AvgIpc) is 2.38. The van der Waals surface area contributed by atoms with Gasteiger partial charge in [0.05, 0.1) is 6.10 Å². The lowest BCUT2D eigenvalue weighted by Gasteiger charge is -2.17. The van der Waals surface area contributed by atoms with Crippen LogP contribution in [-0.4, -0.2) is 24.2 Å². The molecule has 2 unspecified atom stereocenters. The van der Waals surface area contributed by atoms with Gasteiger partial charge >= 0.3 is 0 Å². The van der Waals surface area contributed by atoms with Gasteiger partial charge in [-0.3, -0.25) is 0 Å². The van der Waals surface area contributed by atoms with Crippen molar-refractivity contribution in [2.75, 3.05) is 12.8 Å². The highest BCUT2D eigenvalue weighted by Gasteiger charge is 2.06. The highest BCUT2D eigenvalue weighted by Crippen LogP contribution is 2.19. The SMILES string of the molecule is CSC(C)CCNC(C)c1ccc(OC(C)C)cc1. The van der Waals surface area contributed by atoms with Crippen LogP contribution in [0, 0.1) is 0 Å². The number of rotatable bonds is 8. The van der Waals surface area contributed by atoms with Crippen LogP contribution >= 0.6 is 11.8 Å². The highest BCUT2D eigenvalue weighted by molar-refractivity contribution is 7.99. The minimum Gasteiger partial charge on any atom is -0.491 e. The predicted molar refractivity (Wildman–Crippen MR) is 86.2 cm³/mol. The van der Waals surface area contributed by atoms with Crippen LogP contribution in [0.15, 0.2) is 24.3 Å². The summed E-state index contributed by atoms with van der Waals surface area (Å²) < 4.78 is 5.65. The van der Waals surface area contributed by atoms with Gasteiger partial charge < -0.3 is 10.1 Å². The van der Waals surface area contributed by atoms with Gasteiger partial charge in [-0.1, -0.05) is 19.1 Å². The second kappa shape index (κ2) is 8.49. The largest absolute Gasteiger partial charge is 0.491 e. The van der Waals surface area contributed by atoms with E-state index in [9.17, 15) is 0 Å². The maximum absolute atomic E-state index is 5.65. The molecule has 0 heterocycles. The second-order valence-electron chi connectivity index (χ2n) is 5.25. The van der Waals surface area contributed by atoms with E-state index >= 15 is 0 Å². The third-order valence-corrected chi connectivity index (χ3v) is 4.20. The van der Waals surface area contributed by atoms with Crippen molar-refractivity contribution in [1.29, 1.82) is 0 Å². The Kier molecular flexibility index (Phi) is 7.32. The molecule has 3 heteroatoms. The zero-order valence-electron chi connectivity index (χ0n) is 12.8. The number of benzene rings is 1. The van der Waals surface area contributed by atoms with Crippen molar-refractivity contribution in [1.82, 2.24) is 5.32 Å². The molecular formula is C16H27NOS. The maximum Gasteiger partial charge on any atom is 0.119 e. The summed E-state index contributed by atoms with van der Waals surface area (Å²) in [5, 5.41) is 4.29. The predicted octanol–water partition coefficient (Wildman–Crippen LogP) is 4.27. The number of hydrogen-bond donors (Lipinski definition) is 1. The van der Waals surface area contributed by atoms with Crippen molar-refractivity contribution in [3.05, 3.63) is 29.8 Å². The van der Waals surface area contributed by atoms with Crippen LogP contribution in [-0.2, 0) is 0 Å². The number of ether oxygens (including phenoxy) is 1. The summed E-state index contributed by atoms with van der Waals surface area (Å²) in [4.78, 5) is 0. The van der Waals surface area contributed by atoms with E-state index in [2.05, 4.69) is 49.7 Å². The minimum atomic E-state index is 0.231. The average molecular weight is 281 g/mol. The van der Waals surface area contributed by atoms with Gasteiger partial charge in [-0.15, -0.1) is 0 Å². The van der Waals surface area contributed by atoms with E-state index in [1.165, 1.54) is 12.0 Å². The molecule has 0 aromatic heterocycles. The van der Waals surface area contributed by atoms with E-state index in [0.29, 0.717) is 6.04 Å². The van der Waals surface area contributed by atoms with Crippen LogP contribution in [0.25, 0.3) is 0 Å². The third-order valence-electron chi connectivity index (χ3n) is 3.16. The smallest absolute Gasteiger partial charge is 0.119 e. The Morgan fingerprint density at radius 1 is 1.11 bits per heavy atom. The highest BCUT2D eigenvalue weighted by atomic mass is 32.2. The summed E-state index contributed by atoms with van der Waals surface area (Å²) in [7, 11) is 0. The van der Waals surface area contributed by atoms with Gasteiger partial charge in [0.25, 0.3) is 0 Å². The van der Waals surface area contributed by atoms with Gasteiger partial charge in [0.15, 0.2) is 0 Å². The first kappa shape index (κ1) is 16.4. The van der Waals surface area contributed by atoms with E-state index in [-0.39, 0.29) is 6.10 Å². The van der Waals surface area contributed by atoms with Gasteiger partial charge in [0.2, 0.25) is 0 Å². The van der Waals surface area contributed by atoms with Crippen molar-refractivity contribution in [3.8, 4) is 5.75 Å². The fraction of sp³-hybridized carbons (Fsp3) is 0.625. The molecule has 0 fully saturated rings. The molecule has 1 aromatic carbocycles. The number of hydrogen-bond acceptors (Lipinski definition) is 3. The second-order valence-corrected chi connectivity index (χ2v) is 6.52. The molecule has 0 aliphatic rings. The summed E-state index contributed by atoms with van der Waals surface area (Å²) >= 11 is 1.92. The van der Waals surface area contributed by atoms with Gasteiger partial charge in [0.1, 0.15) is 5.75 Å². The molecule has 2 nitrogen and oxygen atoms in total. The molecule has 19 heavy (non-hydrogen) atoms. The van der Waals surface area contributed by atoms with Gasteiger partial charge in [-0.25, -0.2) is 0 Å². The van der Waals surface area contributed by atoms with E-state index in [0.717, 1.165) is 17.5 Å². The maximum atomic E-state index is 5.65. The molecule has 2 atom stereocenters. The van der Waals surface area contributed by atoms with E-state index in [1.807, 2.05) is 25.6 Å². The molecule has 0 spiro atoms. The van der Waals surface area contributed by atoms with Crippen LogP contribution in [0.4, 0.5) is 0 Å². The molecule has 0 aliphatic carbocycles. The van der Waals surface area contributed by atoms with Crippen molar-refractivity contribution >= 4 is 11.8 Å². The lowest BCUT2D eigenvalue weighted by molar-refractivity contribution is 0.242. The van der Waals surface area contributed by atoms with Crippen molar-refractivity contribution in [2.24, 2.45) is 0 Å². The zero-order valence-corrected chi connectivity index (χ0v) is 13.6. The number of nitrogens with one attached hydrogen (secondary N) is 1. The summed E-state index contributed by atoms with van der Waals surface area (Å²) in [6.45, 7) is 9.64. The van der Waals surface area contributed by atoms with Gasteiger partial charge in [-0.05, 0) is 57.7 Å². The van der Waals surface area contributed by atoms with Crippen LogP contribution < -0.4 is 10.1 Å². The molecule has 0 saturated heterocycles. The van der Waals surface area contributed by atoms with Crippen molar-refractivity contribution in [3.63, 3.8) is 0 Å². The number of thioether (sulfide) groups is 1. The molecule has 1 N–H and O–H groups in total.